The molecule has 1 spiro atoms. The van der Waals surface area contributed by atoms with Crippen molar-refractivity contribution in [2.75, 3.05) is 33.7 Å². The summed E-state index contributed by atoms with van der Waals surface area (Å²) < 4.78 is 8.71. The number of hydrogen-bond donors (Lipinski definition) is 0. The van der Waals surface area contributed by atoms with Gasteiger partial charge in [-0.1, -0.05) is 18.2 Å². The maximum absolute atomic E-state index is 6.62. The maximum Gasteiger partial charge on any atom is 0.0858 e. The number of benzene rings is 1. The summed E-state index contributed by atoms with van der Waals surface area (Å²) in [6.45, 7) is 8.53. The second kappa shape index (κ2) is 6.68. The van der Waals surface area contributed by atoms with Crippen molar-refractivity contribution in [1.29, 1.82) is 0 Å². The van der Waals surface area contributed by atoms with Crippen LogP contribution in [0.15, 0.2) is 30.3 Å². The van der Waals surface area contributed by atoms with Crippen molar-refractivity contribution in [3.63, 3.8) is 0 Å². The first-order valence-electron chi connectivity index (χ1n) is 10.6. The summed E-state index contributed by atoms with van der Waals surface area (Å²) >= 11 is 0. The number of fused-ring (bicyclic) bond motifs is 1. The Hall–Kier alpha value is -1.69. The lowest BCUT2D eigenvalue weighted by atomic mass is 9.73. The fraction of sp³-hybridized carbons (Fsp3) is 0.609. The number of aromatic nitrogens is 2. The average molecular weight is 381 g/mol. The normalized spacial score (nSPS) is 31.8. The van der Waals surface area contributed by atoms with Gasteiger partial charge in [-0.2, -0.15) is 5.10 Å². The van der Waals surface area contributed by atoms with Crippen LogP contribution in [-0.4, -0.2) is 65.0 Å². The zero-order chi connectivity index (χ0) is 19.5. The summed E-state index contributed by atoms with van der Waals surface area (Å²) in [7, 11) is 4.38. The van der Waals surface area contributed by atoms with Crippen LogP contribution in [0.1, 0.15) is 29.8 Å². The molecule has 5 nitrogen and oxygen atoms in total. The molecule has 150 valence electrons. The zero-order valence-electron chi connectivity index (χ0n) is 17.6. The third-order valence-corrected chi connectivity index (χ3v) is 7.05. The van der Waals surface area contributed by atoms with Crippen LogP contribution in [0.3, 0.4) is 0 Å². The lowest BCUT2D eigenvalue weighted by Crippen LogP contribution is -2.40. The number of aryl methyl sites for hydroxylation is 2. The molecule has 0 aliphatic carbocycles. The molecule has 0 saturated carbocycles. The third-order valence-electron chi connectivity index (χ3n) is 7.05. The lowest BCUT2D eigenvalue weighted by Gasteiger charge is -2.31. The van der Waals surface area contributed by atoms with Crippen molar-refractivity contribution in [2.24, 2.45) is 11.8 Å². The van der Waals surface area contributed by atoms with Crippen molar-refractivity contribution in [1.82, 2.24) is 19.6 Å². The van der Waals surface area contributed by atoms with Crippen LogP contribution in [-0.2, 0) is 11.3 Å². The molecule has 4 heterocycles. The molecule has 3 aliphatic rings. The number of ether oxygens (including phenoxy) is 1. The van der Waals surface area contributed by atoms with Gasteiger partial charge in [0.2, 0.25) is 0 Å². The van der Waals surface area contributed by atoms with Gasteiger partial charge < -0.3 is 9.64 Å². The molecule has 3 saturated heterocycles. The summed E-state index contributed by atoms with van der Waals surface area (Å²) in [5, 5.41) is 4.72. The highest BCUT2D eigenvalue weighted by Gasteiger charge is 2.62. The van der Waals surface area contributed by atoms with Gasteiger partial charge >= 0.3 is 0 Å². The van der Waals surface area contributed by atoms with E-state index < -0.39 is 0 Å². The Morgan fingerprint density at radius 2 is 2.07 bits per heavy atom. The van der Waals surface area contributed by atoms with E-state index in [1.165, 1.54) is 29.8 Å². The Bertz CT molecular complexity index is 875. The van der Waals surface area contributed by atoms with Gasteiger partial charge in [-0.3, -0.25) is 4.90 Å². The van der Waals surface area contributed by atoms with Crippen molar-refractivity contribution < 1.29 is 4.74 Å². The number of hydrogen-bond acceptors (Lipinski definition) is 4. The molecule has 4 atom stereocenters. The van der Waals surface area contributed by atoms with Crippen LogP contribution in [0.2, 0.25) is 0 Å². The van der Waals surface area contributed by atoms with E-state index in [4.69, 9.17) is 9.84 Å². The summed E-state index contributed by atoms with van der Waals surface area (Å²) in [6, 6.07) is 10.9. The third kappa shape index (κ3) is 2.92. The molecule has 0 unspecified atom stereocenters. The first-order chi connectivity index (χ1) is 13.4. The average Bonchev–Trinajstić information content (AvgIpc) is 3.36. The topological polar surface area (TPSA) is 33.5 Å². The van der Waals surface area contributed by atoms with E-state index in [9.17, 15) is 0 Å². The monoisotopic (exact) mass is 380 g/mol. The van der Waals surface area contributed by atoms with Gasteiger partial charge in [-0.15, -0.1) is 0 Å². The summed E-state index contributed by atoms with van der Waals surface area (Å²) in [4.78, 5) is 4.96. The van der Waals surface area contributed by atoms with Crippen LogP contribution >= 0.6 is 0 Å². The first kappa shape index (κ1) is 18.3. The maximum atomic E-state index is 6.62. The van der Waals surface area contributed by atoms with Gasteiger partial charge in [0.05, 0.1) is 23.1 Å². The lowest BCUT2D eigenvalue weighted by molar-refractivity contribution is 0.00144. The minimum Gasteiger partial charge on any atom is -0.370 e. The summed E-state index contributed by atoms with van der Waals surface area (Å²) in [6.07, 6.45) is 2.96. The SMILES string of the molecule is Cc1cc(C)n(-c2ccccc2CN2C[C@@H]3[C@H](CN(C)C)[C@H]4CC[C@]3(C2)O4)n1. The van der Waals surface area contributed by atoms with Crippen molar-refractivity contribution in [2.45, 2.75) is 44.9 Å². The predicted octanol–water partition coefficient (Wildman–Crippen LogP) is 3.03. The zero-order valence-corrected chi connectivity index (χ0v) is 17.6. The molecule has 5 rings (SSSR count). The highest BCUT2D eigenvalue weighted by Crippen LogP contribution is 2.55. The van der Waals surface area contributed by atoms with Gasteiger partial charge in [-0.05, 0) is 58.5 Å². The molecule has 3 fully saturated rings. The molecule has 1 aromatic heterocycles. The quantitative estimate of drug-likeness (QED) is 0.798. The van der Waals surface area contributed by atoms with Gasteiger partial charge in [-0.25, -0.2) is 4.68 Å². The van der Waals surface area contributed by atoms with Gasteiger partial charge in [0, 0.05) is 43.7 Å². The molecule has 2 aromatic rings. The number of nitrogens with zero attached hydrogens (tertiary/aromatic N) is 4. The Balaban J connectivity index is 1.38. The van der Waals surface area contributed by atoms with E-state index in [0.29, 0.717) is 17.9 Å². The standard InChI is InChI=1S/C23H32N4O/c1-16-11-17(2)27(24-16)21-8-6-5-7-18(21)12-26-14-20-19(13-25(3)4)22-9-10-23(20,15-26)28-22/h5-8,11,19-20,22H,9-10,12-15H2,1-4H3/t19-,20+,22+,23+/m0/s1. The number of rotatable bonds is 5. The van der Waals surface area contributed by atoms with E-state index in [1.807, 2.05) is 0 Å². The van der Waals surface area contributed by atoms with E-state index >= 15 is 0 Å². The highest BCUT2D eigenvalue weighted by molar-refractivity contribution is 5.42. The Morgan fingerprint density at radius 3 is 2.82 bits per heavy atom. The number of likely N-dealkylation sites (tertiary alicyclic amines) is 1. The van der Waals surface area contributed by atoms with E-state index in [1.54, 1.807) is 0 Å². The van der Waals surface area contributed by atoms with Gasteiger partial charge in [0.25, 0.3) is 0 Å². The largest absolute Gasteiger partial charge is 0.370 e. The summed E-state index contributed by atoms with van der Waals surface area (Å²) in [5.41, 5.74) is 4.92. The smallest absolute Gasteiger partial charge is 0.0858 e. The molecule has 2 bridgehead atoms. The van der Waals surface area contributed by atoms with E-state index in [2.05, 4.69) is 72.8 Å². The molecule has 28 heavy (non-hydrogen) atoms. The van der Waals surface area contributed by atoms with Gasteiger partial charge in [0.1, 0.15) is 0 Å². The molecule has 0 amide bonds. The molecule has 5 heteroatoms. The Labute approximate surface area is 168 Å². The Kier molecular flexibility index (Phi) is 4.38. The Morgan fingerprint density at radius 1 is 1.25 bits per heavy atom. The highest BCUT2D eigenvalue weighted by atomic mass is 16.5. The minimum atomic E-state index is 0.110. The molecular weight excluding hydrogens is 348 g/mol. The first-order valence-corrected chi connectivity index (χ1v) is 10.6. The fourth-order valence-electron chi connectivity index (χ4n) is 6.04. The van der Waals surface area contributed by atoms with Crippen molar-refractivity contribution in [3.8, 4) is 5.69 Å². The molecule has 0 N–H and O–H groups in total. The van der Waals surface area contributed by atoms with Crippen LogP contribution in [0, 0.1) is 25.7 Å². The van der Waals surface area contributed by atoms with Gasteiger partial charge in [0.15, 0.2) is 0 Å². The predicted molar refractivity (Wildman–Crippen MR) is 111 cm³/mol. The van der Waals surface area contributed by atoms with Crippen LogP contribution in [0.25, 0.3) is 5.69 Å². The van der Waals surface area contributed by atoms with Crippen molar-refractivity contribution >= 4 is 0 Å². The van der Waals surface area contributed by atoms with E-state index in [-0.39, 0.29) is 5.60 Å². The minimum absolute atomic E-state index is 0.110. The fourth-order valence-corrected chi connectivity index (χ4v) is 6.04. The summed E-state index contributed by atoms with van der Waals surface area (Å²) in [5.74, 6) is 1.36. The second-order valence-corrected chi connectivity index (χ2v) is 9.43. The molecule has 0 radical (unpaired) electrons. The van der Waals surface area contributed by atoms with Crippen LogP contribution < -0.4 is 0 Å². The van der Waals surface area contributed by atoms with Crippen LogP contribution in [0.5, 0.6) is 0 Å². The molecular formula is C23H32N4O. The van der Waals surface area contributed by atoms with Crippen molar-refractivity contribution in [3.05, 3.63) is 47.3 Å². The van der Waals surface area contributed by atoms with E-state index in [0.717, 1.165) is 31.9 Å². The molecule has 3 aliphatic heterocycles. The second-order valence-electron chi connectivity index (χ2n) is 9.43. The molecule has 1 aromatic carbocycles. The number of para-hydroxylation sites is 1. The van der Waals surface area contributed by atoms with Crippen LogP contribution in [0.4, 0.5) is 0 Å².